The average Bonchev–Trinajstić information content (AvgIpc) is 3.34. The lowest BCUT2D eigenvalue weighted by Crippen LogP contribution is -2.21. The first-order valence-corrected chi connectivity index (χ1v) is 10.4. The number of hydrogen-bond donors (Lipinski definition) is 0. The molecule has 3 aromatic carbocycles. The van der Waals surface area contributed by atoms with Crippen molar-refractivity contribution in [2.75, 3.05) is 0 Å². The highest BCUT2D eigenvalue weighted by atomic mass is 19.4. The number of nitrogens with zero attached hydrogens (tertiary/aromatic N) is 2. The third kappa shape index (κ3) is 4.25. The monoisotopic (exact) mass is 526 g/mol. The molecule has 5 aromatic rings. The topological polar surface area (TPSA) is 38.9 Å². The average molecular weight is 526 g/mol. The summed E-state index contributed by atoms with van der Waals surface area (Å²) in [6.45, 7) is 0. The van der Waals surface area contributed by atoms with E-state index in [1.165, 1.54) is 30.5 Å². The molecule has 3 nitrogen and oxygen atoms in total. The molecule has 0 saturated heterocycles. The zero-order valence-corrected chi connectivity index (χ0v) is 18.1. The van der Waals surface area contributed by atoms with Crippen LogP contribution in [0.4, 0.5) is 39.5 Å². The Morgan fingerprint density at radius 1 is 0.568 bits per heavy atom. The first kappa shape index (κ1) is 24.6. The van der Waals surface area contributed by atoms with E-state index in [4.69, 9.17) is 4.42 Å². The molecule has 0 aliphatic carbocycles. The maximum Gasteiger partial charge on any atom is 0.417 e. The van der Waals surface area contributed by atoms with Crippen molar-refractivity contribution in [3.63, 3.8) is 0 Å². The van der Waals surface area contributed by atoms with Crippen molar-refractivity contribution in [3.8, 4) is 22.7 Å². The molecular formula is C25H11F9N2O. The lowest BCUT2D eigenvalue weighted by Gasteiger charge is -2.23. The van der Waals surface area contributed by atoms with Crippen molar-refractivity contribution in [1.29, 1.82) is 0 Å². The van der Waals surface area contributed by atoms with Crippen LogP contribution >= 0.6 is 0 Å². The van der Waals surface area contributed by atoms with E-state index in [-0.39, 0.29) is 34.4 Å². The van der Waals surface area contributed by atoms with Crippen LogP contribution in [-0.2, 0) is 18.5 Å². The number of benzene rings is 3. The summed E-state index contributed by atoms with van der Waals surface area (Å²) < 4.78 is 131. The van der Waals surface area contributed by atoms with Crippen LogP contribution in [0, 0.1) is 0 Å². The predicted octanol–water partition coefficient (Wildman–Crippen LogP) is 8.77. The molecule has 5 rings (SSSR count). The molecule has 190 valence electrons. The van der Waals surface area contributed by atoms with Gasteiger partial charge < -0.3 is 4.42 Å². The van der Waals surface area contributed by atoms with E-state index >= 15 is 0 Å². The zero-order valence-electron chi connectivity index (χ0n) is 18.1. The molecule has 0 N–H and O–H groups in total. The number of fused-ring (bicyclic) bond motifs is 2. The Morgan fingerprint density at radius 3 is 1.62 bits per heavy atom. The van der Waals surface area contributed by atoms with E-state index in [2.05, 4.69) is 10.2 Å². The van der Waals surface area contributed by atoms with Crippen LogP contribution in [0.3, 0.4) is 0 Å². The van der Waals surface area contributed by atoms with Gasteiger partial charge in [0.1, 0.15) is 11.4 Å². The molecule has 0 amide bonds. The Morgan fingerprint density at radius 2 is 1.11 bits per heavy atom. The van der Waals surface area contributed by atoms with E-state index in [0.29, 0.717) is 10.8 Å². The fraction of sp³-hybridized carbons (Fsp3) is 0.120. The molecule has 0 bridgehead atoms. The summed E-state index contributed by atoms with van der Waals surface area (Å²) in [7, 11) is 0. The normalized spacial score (nSPS) is 13.0. The van der Waals surface area contributed by atoms with E-state index in [9.17, 15) is 39.5 Å². The molecule has 0 saturated carbocycles. The van der Waals surface area contributed by atoms with Crippen molar-refractivity contribution >= 4 is 21.5 Å². The van der Waals surface area contributed by atoms with Crippen LogP contribution < -0.4 is 0 Å². The minimum absolute atomic E-state index is 0.0106. The summed E-state index contributed by atoms with van der Waals surface area (Å²) in [5.74, 6) is 0.107. The summed E-state index contributed by atoms with van der Waals surface area (Å²) in [4.78, 5) is 0. The van der Waals surface area contributed by atoms with E-state index in [1.807, 2.05) is 0 Å². The molecule has 0 radical (unpaired) electrons. The lowest BCUT2D eigenvalue weighted by atomic mass is 9.89. The summed E-state index contributed by atoms with van der Waals surface area (Å²) in [5.41, 5.74) is -9.46. The molecule has 0 unspecified atom stereocenters. The minimum atomic E-state index is -5.81. The first-order valence-electron chi connectivity index (χ1n) is 10.4. The molecule has 0 fully saturated rings. The standard InChI is InChI=1S/C25H11F9N2O/c26-23(27,28)16-7-8-17(24(29,30)31)20(25(32,33)34)19(16)22-15-11-13-5-2-1-4-12(13)10-14(15)21(35-36-22)18-6-3-9-37-18/h1-11H. The van der Waals surface area contributed by atoms with Crippen LogP contribution in [0.25, 0.3) is 44.3 Å². The predicted molar refractivity (Wildman–Crippen MR) is 115 cm³/mol. The van der Waals surface area contributed by atoms with Crippen molar-refractivity contribution < 1.29 is 43.9 Å². The van der Waals surface area contributed by atoms with E-state index < -0.39 is 46.5 Å². The Hall–Kier alpha value is -4.09. The van der Waals surface area contributed by atoms with Crippen LogP contribution in [0.2, 0.25) is 0 Å². The maximum absolute atomic E-state index is 14.1. The molecular weight excluding hydrogens is 515 g/mol. The van der Waals surface area contributed by atoms with Gasteiger partial charge in [0.2, 0.25) is 0 Å². The van der Waals surface area contributed by atoms with Crippen molar-refractivity contribution in [2.45, 2.75) is 18.5 Å². The molecule has 0 aliphatic rings. The van der Waals surface area contributed by atoms with E-state index in [1.54, 1.807) is 24.3 Å². The second-order valence-corrected chi connectivity index (χ2v) is 8.02. The third-order valence-corrected chi connectivity index (χ3v) is 5.74. The van der Waals surface area contributed by atoms with Crippen LogP contribution in [-0.4, -0.2) is 10.2 Å². The van der Waals surface area contributed by atoms with Gasteiger partial charge in [0.15, 0.2) is 5.76 Å². The van der Waals surface area contributed by atoms with Gasteiger partial charge in [-0.05, 0) is 47.2 Å². The third-order valence-electron chi connectivity index (χ3n) is 5.74. The Labute approximate surface area is 201 Å². The Bertz CT molecular complexity index is 1630. The second kappa shape index (κ2) is 8.22. The fourth-order valence-electron chi connectivity index (χ4n) is 4.24. The molecule has 2 aromatic heterocycles. The highest BCUT2D eigenvalue weighted by Gasteiger charge is 2.49. The van der Waals surface area contributed by atoms with Gasteiger partial charge in [0.25, 0.3) is 0 Å². The summed E-state index contributed by atoms with van der Waals surface area (Å²) in [6.07, 6.45) is -15.6. The highest BCUT2D eigenvalue weighted by Crippen LogP contribution is 2.50. The molecule has 2 heterocycles. The summed E-state index contributed by atoms with van der Waals surface area (Å²) in [6, 6.07) is 11.8. The number of alkyl halides is 9. The number of aromatic nitrogens is 2. The van der Waals surface area contributed by atoms with Gasteiger partial charge in [-0.1, -0.05) is 24.3 Å². The minimum Gasteiger partial charge on any atom is -0.463 e. The summed E-state index contributed by atoms with van der Waals surface area (Å²) >= 11 is 0. The highest BCUT2D eigenvalue weighted by molar-refractivity contribution is 6.08. The van der Waals surface area contributed by atoms with Crippen LogP contribution in [0.1, 0.15) is 16.7 Å². The van der Waals surface area contributed by atoms with Gasteiger partial charge in [-0.15, -0.1) is 10.2 Å². The van der Waals surface area contributed by atoms with Gasteiger partial charge in [0, 0.05) is 16.3 Å². The van der Waals surface area contributed by atoms with Gasteiger partial charge in [-0.2, -0.15) is 39.5 Å². The van der Waals surface area contributed by atoms with Gasteiger partial charge in [-0.25, -0.2) is 0 Å². The quantitative estimate of drug-likeness (QED) is 0.171. The fourth-order valence-corrected chi connectivity index (χ4v) is 4.24. The van der Waals surface area contributed by atoms with Crippen LogP contribution in [0.5, 0.6) is 0 Å². The number of hydrogen-bond acceptors (Lipinski definition) is 3. The number of rotatable bonds is 2. The molecule has 12 heteroatoms. The maximum atomic E-state index is 14.1. The van der Waals surface area contributed by atoms with Crippen LogP contribution in [0.15, 0.2) is 71.3 Å². The lowest BCUT2D eigenvalue weighted by molar-refractivity contribution is -0.163. The van der Waals surface area contributed by atoms with Gasteiger partial charge in [0.05, 0.1) is 23.0 Å². The second-order valence-electron chi connectivity index (χ2n) is 8.02. The smallest absolute Gasteiger partial charge is 0.417 e. The Kier molecular flexibility index (Phi) is 5.46. The zero-order chi connectivity index (χ0) is 26.8. The van der Waals surface area contributed by atoms with Crippen molar-refractivity contribution in [1.82, 2.24) is 10.2 Å². The molecule has 37 heavy (non-hydrogen) atoms. The van der Waals surface area contributed by atoms with Crippen molar-refractivity contribution in [2.24, 2.45) is 0 Å². The Balaban J connectivity index is 2.00. The largest absolute Gasteiger partial charge is 0.463 e. The first-order chi connectivity index (χ1) is 17.3. The number of furan rings is 1. The summed E-state index contributed by atoms with van der Waals surface area (Å²) in [5, 5.41) is 8.18. The molecule has 0 spiro atoms. The molecule has 0 atom stereocenters. The molecule has 0 aliphatic heterocycles. The SMILES string of the molecule is FC(F)(F)c1ccc(C(F)(F)F)c(C(F)(F)F)c1-c1nnc(-c2ccco2)c2cc3ccccc3cc12. The van der Waals surface area contributed by atoms with Gasteiger partial charge in [-0.3, -0.25) is 0 Å². The van der Waals surface area contributed by atoms with E-state index in [0.717, 1.165) is 0 Å². The van der Waals surface area contributed by atoms with Crippen molar-refractivity contribution in [3.05, 3.63) is 83.6 Å². The number of halogens is 9. The van der Waals surface area contributed by atoms with Gasteiger partial charge >= 0.3 is 18.5 Å².